The summed E-state index contributed by atoms with van der Waals surface area (Å²) >= 11 is 0. The van der Waals surface area contributed by atoms with Crippen molar-refractivity contribution in [3.05, 3.63) is 83.6 Å². The first-order valence-electron chi connectivity index (χ1n) is 16.6. The van der Waals surface area contributed by atoms with E-state index in [1.165, 1.54) is 13.2 Å². The van der Waals surface area contributed by atoms with Crippen molar-refractivity contribution >= 4 is 22.4 Å². The van der Waals surface area contributed by atoms with Crippen molar-refractivity contribution in [2.45, 2.75) is 56.9 Å². The normalized spacial score (nSPS) is 19.0. The Balaban J connectivity index is 1.43. The number of pyridine rings is 1. The summed E-state index contributed by atoms with van der Waals surface area (Å²) in [6.45, 7) is 10.2. The summed E-state index contributed by atoms with van der Waals surface area (Å²) in [6.07, 6.45) is 2.74. The number of ether oxygens (including phenoxy) is 3. The molecule has 1 saturated carbocycles. The third-order valence-corrected chi connectivity index (χ3v) is 9.59. The number of fused-ring (bicyclic) bond motifs is 1. The van der Waals surface area contributed by atoms with Crippen molar-refractivity contribution < 1.29 is 32.2 Å². The van der Waals surface area contributed by atoms with E-state index in [1.54, 1.807) is 6.07 Å². The summed E-state index contributed by atoms with van der Waals surface area (Å²) in [5, 5.41) is 3.82. The second-order valence-corrected chi connectivity index (χ2v) is 12.8. The highest BCUT2D eigenvalue weighted by Gasteiger charge is 2.46. The lowest BCUT2D eigenvalue weighted by atomic mass is 9.93. The van der Waals surface area contributed by atoms with Crippen LogP contribution in [0, 0.1) is 0 Å². The molecule has 2 aromatic carbocycles. The molecule has 0 unspecified atom stereocenters. The second-order valence-electron chi connectivity index (χ2n) is 12.8. The average Bonchev–Trinajstić information content (AvgIpc) is 3.87. The van der Waals surface area contributed by atoms with E-state index < -0.39 is 18.3 Å². The minimum atomic E-state index is -4.54. The predicted molar refractivity (Wildman–Crippen MR) is 179 cm³/mol. The lowest BCUT2D eigenvalue weighted by Crippen LogP contribution is -2.49. The molecule has 0 atom stereocenters. The first-order chi connectivity index (χ1) is 23.1. The predicted octanol–water partition coefficient (Wildman–Crippen LogP) is 6.49. The molecule has 256 valence electrons. The number of nitrogens with one attached hydrogen (secondary N) is 1. The smallest absolute Gasteiger partial charge is 0.422 e. The zero-order chi connectivity index (χ0) is 33.9. The Morgan fingerprint density at radius 3 is 2.44 bits per heavy atom. The Morgan fingerprint density at radius 1 is 1.10 bits per heavy atom. The highest BCUT2D eigenvalue weighted by Crippen LogP contribution is 2.46. The molecule has 48 heavy (non-hydrogen) atoms. The molecule has 3 aliphatic rings. The van der Waals surface area contributed by atoms with E-state index >= 15 is 0 Å². The van der Waals surface area contributed by atoms with Crippen LogP contribution in [0.25, 0.3) is 16.5 Å². The number of carbonyl (C=O) groups excluding carboxylic acids is 1. The van der Waals surface area contributed by atoms with Gasteiger partial charge in [0.25, 0.3) is 5.91 Å². The van der Waals surface area contributed by atoms with Gasteiger partial charge in [-0.15, -0.1) is 0 Å². The van der Waals surface area contributed by atoms with E-state index in [0.29, 0.717) is 40.3 Å². The highest BCUT2D eigenvalue weighted by molar-refractivity contribution is 6.09. The molecular weight excluding hydrogens is 621 g/mol. The number of methoxy groups -OCH3 is 1. The number of nitrogens with zero attached hydrogens (tertiary/aromatic N) is 3. The van der Waals surface area contributed by atoms with Crippen LogP contribution in [-0.2, 0) is 16.8 Å². The standard InChI is InChI=1S/C37H43F3N4O4/c1-4-8-25(2)34-29(23-43-15-11-27(12-16-43)44-17-19-47-20-18-44)33(35(45)42-36(13-14-36)26-9-6-5-7-10-26)28-21-31(46-3)32(22-30(28)41-34)48-24-37(38,39)40/h4-10,21-22,27H,2,11-20,23-24H2,1,3H3,(H,42,45)/b8-4-. The number of amides is 1. The van der Waals surface area contributed by atoms with E-state index in [2.05, 4.69) is 21.7 Å². The van der Waals surface area contributed by atoms with Gasteiger partial charge in [-0.25, -0.2) is 4.98 Å². The third-order valence-electron chi connectivity index (χ3n) is 9.59. The molecular formula is C37H43F3N4O4. The van der Waals surface area contributed by atoms with Crippen molar-refractivity contribution in [3.8, 4) is 11.5 Å². The van der Waals surface area contributed by atoms with Gasteiger partial charge in [0.2, 0.25) is 0 Å². The number of benzene rings is 2. The fraction of sp³-hybridized carbons (Fsp3) is 0.459. The Morgan fingerprint density at radius 2 is 1.81 bits per heavy atom. The molecule has 8 nitrogen and oxygen atoms in total. The molecule has 3 fully saturated rings. The largest absolute Gasteiger partial charge is 0.493 e. The van der Waals surface area contributed by atoms with E-state index in [0.717, 1.165) is 76.2 Å². The molecule has 2 saturated heterocycles. The zero-order valence-electron chi connectivity index (χ0n) is 27.6. The molecule has 0 radical (unpaired) electrons. The number of hydrogen-bond acceptors (Lipinski definition) is 7. The van der Waals surface area contributed by atoms with Gasteiger partial charge in [0.05, 0.1) is 42.6 Å². The van der Waals surface area contributed by atoms with E-state index in [4.69, 9.17) is 19.2 Å². The molecule has 11 heteroatoms. The van der Waals surface area contributed by atoms with Crippen molar-refractivity contribution in [2.24, 2.45) is 0 Å². The van der Waals surface area contributed by atoms with Crippen LogP contribution < -0.4 is 14.8 Å². The maximum atomic E-state index is 14.6. The van der Waals surface area contributed by atoms with Crippen LogP contribution in [0.3, 0.4) is 0 Å². The van der Waals surface area contributed by atoms with Gasteiger partial charge in [0.1, 0.15) is 0 Å². The molecule has 1 aliphatic carbocycles. The molecule has 1 aromatic heterocycles. The van der Waals surface area contributed by atoms with Crippen LogP contribution in [0.2, 0.25) is 0 Å². The van der Waals surface area contributed by atoms with Gasteiger partial charge in [0, 0.05) is 42.7 Å². The Bertz CT molecular complexity index is 1660. The van der Waals surface area contributed by atoms with Gasteiger partial charge in [-0.05, 0) is 62.9 Å². The number of morpholine rings is 1. The van der Waals surface area contributed by atoms with Gasteiger partial charge in [-0.3, -0.25) is 14.6 Å². The second kappa shape index (κ2) is 14.3. The summed E-state index contributed by atoms with van der Waals surface area (Å²) in [7, 11) is 1.37. The average molecular weight is 665 g/mol. The number of rotatable bonds is 11. The van der Waals surface area contributed by atoms with E-state index in [9.17, 15) is 18.0 Å². The van der Waals surface area contributed by atoms with Crippen molar-refractivity contribution in [1.29, 1.82) is 0 Å². The van der Waals surface area contributed by atoms with Crippen molar-refractivity contribution in [1.82, 2.24) is 20.1 Å². The molecule has 6 rings (SSSR count). The van der Waals surface area contributed by atoms with E-state index in [-0.39, 0.29) is 17.4 Å². The molecule has 1 amide bonds. The number of likely N-dealkylation sites (tertiary alicyclic amines) is 1. The Hall–Kier alpha value is -3.93. The number of aromatic nitrogens is 1. The molecule has 0 spiro atoms. The maximum absolute atomic E-state index is 14.6. The lowest BCUT2D eigenvalue weighted by molar-refractivity contribution is -0.153. The first-order valence-corrected chi connectivity index (χ1v) is 16.6. The minimum absolute atomic E-state index is 0.0871. The Labute approximate surface area is 279 Å². The number of hydrogen-bond donors (Lipinski definition) is 1. The monoisotopic (exact) mass is 664 g/mol. The van der Waals surface area contributed by atoms with Gasteiger partial charge in [-0.2, -0.15) is 13.2 Å². The fourth-order valence-corrected chi connectivity index (χ4v) is 6.96. The lowest BCUT2D eigenvalue weighted by Gasteiger charge is -2.40. The molecule has 1 N–H and O–H groups in total. The minimum Gasteiger partial charge on any atom is -0.493 e. The first kappa shape index (κ1) is 34.0. The SMILES string of the molecule is C=C(/C=C\C)c1nc2cc(OCC(F)(F)F)c(OC)cc2c(C(=O)NC2(c3ccccc3)CC2)c1CN1CCC(N2CCOCC2)CC1. The summed E-state index contributed by atoms with van der Waals surface area (Å²) in [5.41, 5.74) is 3.12. The van der Waals surface area contributed by atoms with Crippen LogP contribution in [0.5, 0.6) is 11.5 Å². The number of carbonyl (C=O) groups is 1. The number of halogens is 3. The quantitative estimate of drug-likeness (QED) is 0.235. The van der Waals surface area contributed by atoms with Gasteiger partial charge >= 0.3 is 6.18 Å². The topological polar surface area (TPSA) is 76.2 Å². The van der Waals surface area contributed by atoms with Crippen molar-refractivity contribution in [3.63, 3.8) is 0 Å². The van der Waals surface area contributed by atoms with Gasteiger partial charge < -0.3 is 19.5 Å². The fourth-order valence-electron chi connectivity index (χ4n) is 6.96. The van der Waals surface area contributed by atoms with Gasteiger partial charge in [-0.1, -0.05) is 49.1 Å². The third kappa shape index (κ3) is 7.53. The maximum Gasteiger partial charge on any atom is 0.422 e. The molecule has 2 aliphatic heterocycles. The van der Waals surface area contributed by atoms with Crippen LogP contribution >= 0.6 is 0 Å². The highest BCUT2D eigenvalue weighted by atomic mass is 19.4. The van der Waals surface area contributed by atoms with Crippen molar-refractivity contribution in [2.75, 3.05) is 53.1 Å². The summed E-state index contributed by atoms with van der Waals surface area (Å²) in [6, 6.07) is 13.4. The summed E-state index contributed by atoms with van der Waals surface area (Å²) < 4.78 is 55.7. The van der Waals surface area contributed by atoms with E-state index in [1.807, 2.05) is 49.4 Å². The van der Waals surface area contributed by atoms with Gasteiger partial charge in [0.15, 0.2) is 18.1 Å². The summed E-state index contributed by atoms with van der Waals surface area (Å²) in [5.74, 6) is -0.295. The van der Waals surface area contributed by atoms with Crippen LogP contribution in [0.1, 0.15) is 59.8 Å². The molecule has 3 aromatic rings. The van der Waals surface area contributed by atoms with Crippen LogP contribution in [-0.4, -0.2) is 86.0 Å². The number of alkyl halides is 3. The zero-order valence-corrected chi connectivity index (χ0v) is 27.6. The Kier molecular flexibility index (Phi) is 10.1. The number of piperidine rings is 1. The molecule has 3 heterocycles. The van der Waals surface area contributed by atoms with Crippen LogP contribution in [0.15, 0.2) is 61.2 Å². The summed E-state index contributed by atoms with van der Waals surface area (Å²) in [4.78, 5) is 24.4. The molecule has 0 bridgehead atoms. The number of allylic oxidation sites excluding steroid dienone is 3. The van der Waals surface area contributed by atoms with Crippen LogP contribution in [0.4, 0.5) is 13.2 Å².